The van der Waals surface area contributed by atoms with Crippen LogP contribution >= 0.6 is 0 Å². The number of fused-ring (bicyclic) bond motifs is 1. The number of carbonyl (C=O) groups is 2. The van der Waals surface area contributed by atoms with Gasteiger partial charge in [0.15, 0.2) is 5.78 Å². The van der Waals surface area contributed by atoms with Crippen molar-refractivity contribution in [1.82, 2.24) is 0 Å². The van der Waals surface area contributed by atoms with E-state index in [1.54, 1.807) is 24.3 Å². The Labute approximate surface area is 146 Å². The monoisotopic (exact) mass is 332 g/mol. The van der Waals surface area contributed by atoms with E-state index < -0.39 is 11.6 Å². The van der Waals surface area contributed by atoms with Gasteiger partial charge in [-0.1, -0.05) is 42.8 Å². The maximum absolute atomic E-state index is 12.6. The molecule has 1 aliphatic rings. The largest absolute Gasteiger partial charge is 0.465 e. The fourth-order valence-corrected chi connectivity index (χ4v) is 2.62. The zero-order valence-electron chi connectivity index (χ0n) is 13.7. The minimum absolute atomic E-state index is 0.195. The molecule has 0 fully saturated rings. The zero-order chi connectivity index (χ0) is 17.9. The van der Waals surface area contributed by atoms with Gasteiger partial charge in [0.1, 0.15) is 5.75 Å². The van der Waals surface area contributed by atoms with Crippen LogP contribution in [-0.2, 0) is 9.53 Å². The van der Waals surface area contributed by atoms with E-state index in [1.165, 1.54) is 7.11 Å². The molecule has 0 unspecified atom stereocenters. The Morgan fingerprint density at radius 2 is 2.04 bits per heavy atom. The van der Waals surface area contributed by atoms with Crippen LogP contribution in [0.3, 0.4) is 0 Å². The Bertz CT molecular complexity index is 902. The molecule has 1 aliphatic heterocycles. The second-order valence-electron chi connectivity index (χ2n) is 5.60. The van der Waals surface area contributed by atoms with Gasteiger partial charge in [0, 0.05) is 5.56 Å². The zero-order valence-corrected chi connectivity index (χ0v) is 13.7. The predicted molar refractivity (Wildman–Crippen MR) is 94.2 cm³/mol. The summed E-state index contributed by atoms with van der Waals surface area (Å²) in [6, 6.07) is 14.3. The third kappa shape index (κ3) is 3.17. The highest BCUT2D eigenvalue weighted by molar-refractivity contribution is 6.05. The topological polar surface area (TPSA) is 52.6 Å². The molecule has 2 aromatic rings. The fourth-order valence-electron chi connectivity index (χ4n) is 2.62. The van der Waals surface area contributed by atoms with Gasteiger partial charge in [-0.3, -0.25) is 4.79 Å². The van der Waals surface area contributed by atoms with Gasteiger partial charge < -0.3 is 9.47 Å². The normalized spacial score (nSPS) is 18.2. The molecule has 25 heavy (non-hydrogen) atoms. The molecule has 0 aliphatic carbocycles. The van der Waals surface area contributed by atoms with Crippen molar-refractivity contribution in [3.8, 4) is 17.6 Å². The van der Waals surface area contributed by atoms with Gasteiger partial charge in [0.25, 0.3) is 5.60 Å². The van der Waals surface area contributed by atoms with E-state index in [-0.39, 0.29) is 12.2 Å². The molecule has 1 atom stereocenters. The van der Waals surface area contributed by atoms with E-state index in [0.29, 0.717) is 16.9 Å². The van der Waals surface area contributed by atoms with Crippen molar-refractivity contribution in [2.75, 3.05) is 7.11 Å². The number of hydrogen-bond acceptors (Lipinski definition) is 4. The van der Waals surface area contributed by atoms with Gasteiger partial charge >= 0.3 is 5.97 Å². The number of ketones is 1. The van der Waals surface area contributed by atoms with Crippen LogP contribution in [0.2, 0.25) is 0 Å². The molecular weight excluding hydrogens is 316 g/mol. The van der Waals surface area contributed by atoms with Gasteiger partial charge in [-0.05, 0) is 35.7 Å². The summed E-state index contributed by atoms with van der Waals surface area (Å²) in [6.45, 7) is 3.70. The van der Waals surface area contributed by atoms with E-state index in [2.05, 4.69) is 18.4 Å². The quantitative estimate of drug-likeness (QED) is 0.626. The first-order valence-corrected chi connectivity index (χ1v) is 7.73. The van der Waals surface area contributed by atoms with E-state index in [4.69, 9.17) is 9.47 Å². The van der Waals surface area contributed by atoms with Crippen molar-refractivity contribution in [1.29, 1.82) is 0 Å². The van der Waals surface area contributed by atoms with E-state index in [1.807, 2.05) is 30.3 Å². The second kappa shape index (κ2) is 6.66. The number of esters is 1. The lowest BCUT2D eigenvalue weighted by Crippen LogP contribution is -2.48. The van der Waals surface area contributed by atoms with Crippen molar-refractivity contribution in [3.05, 3.63) is 71.8 Å². The molecule has 0 radical (unpaired) electrons. The molecule has 0 spiro atoms. The predicted octanol–water partition coefficient (Wildman–Crippen LogP) is 3.26. The molecule has 0 saturated heterocycles. The fraction of sp³-hybridized carbons (Fsp3) is 0.143. The van der Waals surface area contributed by atoms with Crippen LogP contribution in [0.1, 0.15) is 27.9 Å². The Kier molecular flexibility index (Phi) is 4.40. The number of Topliss-reactive ketones (excluding diaryl/α,β-unsaturated/α-hetero) is 1. The third-order valence-corrected chi connectivity index (χ3v) is 3.93. The average molecular weight is 332 g/mol. The van der Waals surface area contributed by atoms with Crippen LogP contribution in [0, 0.1) is 11.8 Å². The summed E-state index contributed by atoms with van der Waals surface area (Å²) in [5.41, 5.74) is 0.261. The van der Waals surface area contributed by atoms with Crippen LogP contribution in [0.25, 0.3) is 6.08 Å². The molecule has 2 aromatic carbocycles. The van der Waals surface area contributed by atoms with Crippen molar-refractivity contribution in [2.45, 2.75) is 12.0 Å². The molecule has 4 heteroatoms. The average Bonchev–Trinajstić information content (AvgIpc) is 2.66. The van der Waals surface area contributed by atoms with E-state index in [9.17, 15) is 9.59 Å². The number of methoxy groups -OCH3 is 1. The smallest absolute Gasteiger partial charge is 0.363 e. The van der Waals surface area contributed by atoms with Crippen LogP contribution in [0.5, 0.6) is 5.75 Å². The molecule has 0 amide bonds. The molecule has 124 valence electrons. The van der Waals surface area contributed by atoms with Crippen molar-refractivity contribution in [3.63, 3.8) is 0 Å². The van der Waals surface area contributed by atoms with E-state index >= 15 is 0 Å². The number of carbonyl (C=O) groups excluding carboxylic acids is 2. The molecule has 0 N–H and O–H groups in total. The SMILES string of the molecule is C=Cc1ccc2c(c1)O[C@](C#Cc1ccccc1)(C(=O)OC)CC2=O. The van der Waals surface area contributed by atoms with Crippen LogP contribution in [0.4, 0.5) is 0 Å². The van der Waals surface area contributed by atoms with Crippen LogP contribution in [0.15, 0.2) is 55.1 Å². The summed E-state index contributed by atoms with van der Waals surface area (Å²) < 4.78 is 10.8. The Balaban J connectivity index is 2.08. The molecule has 3 rings (SSSR count). The summed E-state index contributed by atoms with van der Waals surface area (Å²) in [5.74, 6) is 5.11. The maximum Gasteiger partial charge on any atom is 0.363 e. The van der Waals surface area contributed by atoms with Crippen LogP contribution in [-0.4, -0.2) is 24.5 Å². The summed E-state index contributed by atoms with van der Waals surface area (Å²) in [6.07, 6.45) is 1.44. The van der Waals surface area contributed by atoms with Gasteiger partial charge in [-0.25, -0.2) is 4.79 Å². The van der Waals surface area contributed by atoms with Crippen molar-refractivity contribution in [2.24, 2.45) is 0 Å². The second-order valence-corrected chi connectivity index (χ2v) is 5.60. The van der Waals surface area contributed by atoms with E-state index in [0.717, 1.165) is 5.56 Å². The number of hydrogen-bond donors (Lipinski definition) is 0. The minimum atomic E-state index is -1.66. The molecular formula is C21H16O4. The molecule has 0 aromatic heterocycles. The molecule has 0 saturated carbocycles. The minimum Gasteiger partial charge on any atom is -0.465 e. The van der Waals surface area contributed by atoms with Crippen molar-refractivity contribution < 1.29 is 19.1 Å². The molecule has 0 bridgehead atoms. The lowest BCUT2D eigenvalue weighted by atomic mass is 9.89. The first-order chi connectivity index (χ1) is 12.1. The standard InChI is InChI=1S/C21H16O4/c1-3-15-9-10-17-18(22)14-21(20(23)24-2,25-19(17)13-15)12-11-16-7-5-4-6-8-16/h3-10,13H,1,14H2,2H3/t21-/m0/s1. The van der Waals surface area contributed by atoms with Gasteiger partial charge in [0.2, 0.25) is 0 Å². The Morgan fingerprint density at radius 1 is 1.28 bits per heavy atom. The Hall–Kier alpha value is -3.32. The highest BCUT2D eigenvalue weighted by atomic mass is 16.6. The highest BCUT2D eigenvalue weighted by Gasteiger charge is 2.47. The Morgan fingerprint density at radius 3 is 2.72 bits per heavy atom. The first kappa shape index (κ1) is 16.5. The molecule has 1 heterocycles. The summed E-state index contributed by atoms with van der Waals surface area (Å²) >= 11 is 0. The lowest BCUT2D eigenvalue weighted by molar-refractivity contribution is -0.154. The summed E-state index contributed by atoms with van der Waals surface area (Å²) in [5, 5.41) is 0. The first-order valence-electron chi connectivity index (χ1n) is 7.73. The van der Waals surface area contributed by atoms with Crippen molar-refractivity contribution >= 4 is 17.8 Å². The summed E-state index contributed by atoms with van der Waals surface area (Å²) in [7, 11) is 1.25. The third-order valence-electron chi connectivity index (χ3n) is 3.93. The maximum atomic E-state index is 12.6. The lowest BCUT2D eigenvalue weighted by Gasteiger charge is -2.31. The number of ether oxygens (including phenoxy) is 2. The molecule has 4 nitrogen and oxygen atoms in total. The van der Waals surface area contributed by atoms with Gasteiger partial charge in [-0.2, -0.15) is 0 Å². The number of rotatable bonds is 2. The van der Waals surface area contributed by atoms with Gasteiger partial charge in [-0.15, -0.1) is 0 Å². The summed E-state index contributed by atoms with van der Waals surface area (Å²) in [4.78, 5) is 24.9. The van der Waals surface area contributed by atoms with Crippen LogP contribution < -0.4 is 4.74 Å². The number of benzene rings is 2. The van der Waals surface area contributed by atoms with Gasteiger partial charge in [0.05, 0.1) is 19.1 Å². The highest BCUT2D eigenvalue weighted by Crippen LogP contribution is 2.35.